The van der Waals surface area contributed by atoms with E-state index in [-0.39, 0.29) is 5.82 Å². The maximum atomic E-state index is 6.19. The Morgan fingerprint density at radius 1 is 1.18 bits per heavy atom. The van der Waals surface area contributed by atoms with Crippen molar-refractivity contribution in [2.45, 2.75) is 18.9 Å². The van der Waals surface area contributed by atoms with E-state index in [1.165, 1.54) is 0 Å². The van der Waals surface area contributed by atoms with E-state index in [2.05, 4.69) is 25.8 Å². The van der Waals surface area contributed by atoms with Gasteiger partial charge in [0.05, 0.1) is 10.0 Å². The van der Waals surface area contributed by atoms with Gasteiger partial charge in [0.25, 0.3) is 0 Å². The van der Waals surface area contributed by atoms with Crippen LogP contribution in [0.1, 0.15) is 12.8 Å². The Hall–Kier alpha value is -1.63. The van der Waals surface area contributed by atoms with Crippen LogP contribution < -0.4 is 16.4 Å². The molecule has 116 valence electrons. The molecule has 2 aromatic rings. The summed E-state index contributed by atoms with van der Waals surface area (Å²) in [5.41, 5.74) is 7.07. The summed E-state index contributed by atoms with van der Waals surface area (Å²) in [5.74, 6) is 0.710. The Bertz CT molecular complexity index is 672. The molecule has 0 atom stereocenters. The highest BCUT2D eigenvalue weighted by atomic mass is 35.5. The zero-order valence-electron chi connectivity index (χ0n) is 11.8. The topological polar surface area (TPSA) is 88.8 Å². The average molecular weight is 339 g/mol. The number of piperidine rings is 1. The summed E-state index contributed by atoms with van der Waals surface area (Å²) >= 11 is 12.2. The zero-order chi connectivity index (χ0) is 15.5. The Kier molecular flexibility index (Phi) is 4.61. The molecule has 1 saturated heterocycles. The minimum atomic E-state index is 0.274. The van der Waals surface area contributed by atoms with Crippen molar-refractivity contribution in [2.24, 2.45) is 0 Å². The molecule has 2 heterocycles. The number of rotatable bonds is 3. The third kappa shape index (κ3) is 3.24. The summed E-state index contributed by atoms with van der Waals surface area (Å²) in [6, 6.07) is 5.61. The molecule has 8 heteroatoms. The summed E-state index contributed by atoms with van der Waals surface area (Å²) in [4.78, 5) is 4.29. The van der Waals surface area contributed by atoms with Crippen LogP contribution in [-0.2, 0) is 0 Å². The van der Waals surface area contributed by atoms with Crippen LogP contribution in [0.2, 0.25) is 10.0 Å². The standard InChI is InChI=1S/C14H16Cl2N6/c15-10-3-1-2-9(11(10)16)12-13(17)20-14(22-21-12)19-8-4-6-18-7-5-8/h1-3,8,18H,4-7H2,(H3,17,19,20,22). The minimum Gasteiger partial charge on any atom is -0.382 e. The predicted molar refractivity (Wildman–Crippen MR) is 89.2 cm³/mol. The van der Waals surface area contributed by atoms with Crippen LogP contribution in [0.25, 0.3) is 11.3 Å². The van der Waals surface area contributed by atoms with Crippen LogP contribution in [0.15, 0.2) is 18.2 Å². The first-order valence-electron chi connectivity index (χ1n) is 7.07. The molecule has 1 aromatic carbocycles. The lowest BCUT2D eigenvalue weighted by molar-refractivity contribution is 0.476. The normalized spacial score (nSPS) is 15.7. The fourth-order valence-corrected chi connectivity index (χ4v) is 2.82. The summed E-state index contributed by atoms with van der Waals surface area (Å²) in [7, 11) is 0. The zero-order valence-corrected chi connectivity index (χ0v) is 13.3. The first-order chi connectivity index (χ1) is 10.6. The molecule has 22 heavy (non-hydrogen) atoms. The van der Waals surface area contributed by atoms with E-state index in [4.69, 9.17) is 28.9 Å². The Labute approximate surface area is 138 Å². The summed E-state index contributed by atoms with van der Waals surface area (Å²) in [6.45, 7) is 1.97. The van der Waals surface area contributed by atoms with Crippen LogP contribution >= 0.6 is 23.2 Å². The highest BCUT2D eigenvalue weighted by Crippen LogP contribution is 2.34. The van der Waals surface area contributed by atoms with Gasteiger partial charge in [-0.1, -0.05) is 35.3 Å². The first kappa shape index (κ1) is 15.3. The lowest BCUT2D eigenvalue weighted by Gasteiger charge is -2.23. The van der Waals surface area contributed by atoms with E-state index >= 15 is 0 Å². The van der Waals surface area contributed by atoms with Gasteiger partial charge in [0, 0.05) is 11.6 Å². The van der Waals surface area contributed by atoms with E-state index in [0.29, 0.717) is 33.3 Å². The van der Waals surface area contributed by atoms with Gasteiger partial charge in [0.1, 0.15) is 5.69 Å². The fraction of sp³-hybridized carbons (Fsp3) is 0.357. The number of hydrogen-bond acceptors (Lipinski definition) is 6. The minimum absolute atomic E-state index is 0.274. The number of nitrogens with two attached hydrogens (primary N) is 1. The summed E-state index contributed by atoms with van der Waals surface area (Å²) < 4.78 is 0. The second kappa shape index (κ2) is 6.64. The lowest BCUT2D eigenvalue weighted by atomic mass is 10.1. The van der Waals surface area contributed by atoms with Crippen LogP contribution in [0.3, 0.4) is 0 Å². The SMILES string of the molecule is Nc1nc(NC2CCNCC2)nnc1-c1cccc(Cl)c1Cl. The smallest absolute Gasteiger partial charge is 0.244 e. The van der Waals surface area contributed by atoms with Crippen LogP contribution in [-0.4, -0.2) is 34.3 Å². The average Bonchev–Trinajstić information content (AvgIpc) is 2.52. The van der Waals surface area contributed by atoms with E-state index < -0.39 is 0 Å². The number of nitrogens with zero attached hydrogens (tertiary/aromatic N) is 3. The highest BCUT2D eigenvalue weighted by Gasteiger charge is 2.17. The number of nitrogens with one attached hydrogen (secondary N) is 2. The molecule has 0 radical (unpaired) electrons. The molecule has 1 aromatic heterocycles. The number of hydrogen-bond donors (Lipinski definition) is 3. The van der Waals surface area contributed by atoms with Crippen molar-refractivity contribution in [3.63, 3.8) is 0 Å². The third-order valence-electron chi connectivity index (χ3n) is 3.59. The van der Waals surface area contributed by atoms with Crippen LogP contribution in [0.5, 0.6) is 0 Å². The van der Waals surface area contributed by atoms with Gasteiger partial charge in [-0.05, 0) is 32.0 Å². The molecule has 0 amide bonds. The highest BCUT2D eigenvalue weighted by molar-refractivity contribution is 6.43. The number of aromatic nitrogens is 3. The van der Waals surface area contributed by atoms with Crippen molar-refractivity contribution in [1.29, 1.82) is 0 Å². The van der Waals surface area contributed by atoms with Gasteiger partial charge in [-0.25, -0.2) is 0 Å². The van der Waals surface area contributed by atoms with Crippen molar-refractivity contribution < 1.29 is 0 Å². The van der Waals surface area contributed by atoms with Crippen molar-refractivity contribution in [2.75, 3.05) is 24.1 Å². The second-order valence-corrected chi connectivity index (χ2v) is 5.92. The van der Waals surface area contributed by atoms with E-state index in [1.54, 1.807) is 18.2 Å². The Balaban J connectivity index is 1.84. The van der Waals surface area contributed by atoms with Crippen molar-refractivity contribution in [3.8, 4) is 11.3 Å². The quantitative estimate of drug-likeness (QED) is 0.797. The van der Waals surface area contributed by atoms with Gasteiger partial charge in [0.15, 0.2) is 5.82 Å². The maximum absolute atomic E-state index is 6.19. The first-order valence-corrected chi connectivity index (χ1v) is 7.82. The molecule has 0 unspecified atom stereocenters. The molecule has 3 rings (SSSR count). The molecule has 0 saturated carbocycles. The van der Waals surface area contributed by atoms with Crippen LogP contribution in [0.4, 0.5) is 11.8 Å². The van der Waals surface area contributed by atoms with Gasteiger partial charge in [-0.2, -0.15) is 4.98 Å². The fourth-order valence-electron chi connectivity index (χ4n) is 2.43. The Morgan fingerprint density at radius 3 is 2.68 bits per heavy atom. The van der Waals surface area contributed by atoms with Gasteiger partial charge >= 0.3 is 0 Å². The molecule has 1 aliphatic heterocycles. The predicted octanol–water partition coefficient (Wildman–Crippen LogP) is 2.59. The lowest BCUT2D eigenvalue weighted by Crippen LogP contribution is -2.35. The number of halogens is 2. The molecular formula is C14H16Cl2N6. The number of benzene rings is 1. The molecular weight excluding hydrogens is 323 g/mol. The summed E-state index contributed by atoms with van der Waals surface area (Å²) in [5, 5.41) is 15.7. The molecule has 1 aliphatic rings. The van der Waals surface area contributed by atoms with Gasteiger partial charge in [0.2, 0.25) is 5.95 Å². The molecule has 0 aliphatic carbocycles. The third-order valence-corrected chi connectivity index (χ3v) is 4.41. The number of nitrogen functional groups attached to an aromatic ring is 1. The molecule has 4 N–H and O–H groups in total. The second-order valence-electron chi connectivity index (χ2n) is 5.14. The van der Waals surface area contributed by atoms with E-state index in [0.717, 1.165) is 25.9 Å². The van der Waals surface area contributed by atoms with Crippen molar-refractivity contribution in [1.82, 2.24) is 20.5 Å². The monoisotopic (exact) mass is 338 g/mol. The van der Waals surface area contributed by atoms with E-state index in [1.807, 2.05) is 0 Å². The van der Waals surface area contributed by atoms with Crippen molar-refractivity contribution in [3.05, 3.63) is 28.2 Å². The number of anilines is 2. The van der Waals surface area contributed by atoms with Gasteiger partial charge in [-0.3, -0.25) is 0 Å². The van der Waals surface area contributed by atoms with E-state index in [9.17, 15) is 0 Å². The maximum Gasteiger partial charge on any atom is 0.244 e. The Morgan fingerprint density at radius 2 is 1.95 bits per heavy atom. The molecule has 1 fully saturated rings. The molecule has 6 nitrogen and oxygen atoms in total. The van der Waals surface area contributed by atoms with Crippen LogP contribution in [0, 0.1) is 0 Å². The summed E-state index contributed by atoms with van der Waals surface area (Å²) in [6.07, 6.45) is 2.04. The largest absolute Gasteiger partial charge is 0.382 e. The molecule has 0 spiro atoms. The van der Waals surface area contributed by atoms with Gasteiger partial charge in [-0.15, -0.1) is 10.2 Å². The van der Waals surface area contributed by atoms with Gasteiger partial charge < -0.3 is 16.4 Å². The molecule has 0 bridgehead atoms. The van der Waals surface area contributed by atoms with Crippen molar-refractivity contribution >= 4 is 35.0 Å².